The fraction of sp³-hybridized carbons (Fsp3) is 0.333. The summed E-state index contributed by atoms with van der Waals surface area (Å²) in [5, 5.41) is 7.49. The summed E-state index contributed by atoms with van der Waals surface area (Å²) in [6, 6.07) is 7.77. The first-order valence-electron chi connectivity index (χ1n) is 6.60. The van der Waals surface area contributed by atoms with E-state index in [4.69, 9.17) is 17.0 Å². The summed E-state index contributed by atoms with van der Waals surface area (Å²) in [6.07, 6.45) is 4.55. The van der Waals surface area contributed by atoms with E-state index >= 15 is 0 Å². The van der Waals surface area contributed by atoms with Gasteiger partial charge in [-0.05, 0) is 37.7 Å². The molecular formula is C15H21N3OS. The zero-order chi connectivity index (χ0) is 14.8. The summed E-state index contributed by atoms with van der Waals surface area (Å²) in [5.74, 6) is 0.817. The molecular weight excluding hydrogens is 270 g/mol. The van der Waals surface area contributed by atoms with Crippen molar-refractivity contribution in [3.05, 3.63) is 42.5 Å². The Morgan fingerprint density at radius 1 is 1.50 bits per heavy atom. The van der Waals surface area contributed by atoms with E-state index in [1.165, 1.54) is 0 Å². The van der Waals surface area contributed by atoms with Gasteiger partial charge < -0.3 is 10.1 Å². The number of rotatable bonds is 7. The Kier molecular flexibility index (Phi) is 7.35. The maximum atomic E-state index is 5.84. The number of ether oxygens (including phenoxy) is 1. The molecule has 0 amide bonds. The molecule has 0 unspecified atom stereocenters. The number of benzene rings is 1. The van der Waals surface area contributed by atoms with Crippen LogP contribution in [0.1, 0.15) is 25.8 Å². The van der Waals surface area contributed by atoms with Gasteiger partial charge in [0.2, 0.25) is 0 Å². The van der Waals surface area contributed by atoms with Crippen molar-refractivity contribution in [2.75, 3.05) is 6.54 Å². The SMILES string of the molecule is C=CCNC(=S)N/N=C\c1ccccc1O[C@@H](C)CC. The minimum Gasteiger partial charge on any atom is -0.490 e. The molecule has 0 spiro atoms. The molecule has 0 radical (unpaired) electrons. The summed E-state index contributed by atoms with van der Waals surface area (Å²) >= 11 is 5.04. The van der Waals surface area contributed by atoms with Crippen molar-refractivity contribution in [3.8, 4) is 5.75 Å². The molecule has 0 saturated heterocycles. The first kappa shape index (κ1) is 16.2. The Labute approximate surface area is 125 Å². The van der Waals surface area contributed by atoms with E-state index in [0.717, 1.165) is 17.7 Å². The minimum atomic E-state index is 0.174. The molecule has 1 aromatic rings. The number of nitrogens with zero attached hydrogens (tertiary/aromatic N) is 1. The number of hydrazone groups is 1. The van der Waals surface area contributed by atoms with Gasteiger partial charge in [-0.15, -0.1) is 6.58 Å². The fourth-order valence-electron chi connectivity index (χ4n) is 1.36. The average Bonchev–Trinajstić information content (AvgIpc) is 2.46. The van der Waals surface area contributed by atoms with Gasteiger partial charge in [0.15, 0.2) is 5.11 Å². The molecule has 108 valence electrons. The summed E-state index contributed by atoms with van der Waals surface area (Å²) in [5.41, 5.74) is 3.66. The molecule has 1 atom stereocenters. The van der Waals surface area contributed by atoms with Gasteiger partial charge in [-0.2, -0.15) is 5.10 Å². The fourth-order valence-corrected chi connectivity index (χ4v) is 1.50. The van der Waals surface area contributed by atoms with E-state index in [9.17, 15) is 0 Å². The molecule has 2 N–H and O–H groups in total. The molecule has 0 aliphatic heterocycles. The molecule has 0 saturated carbocycles. The molecule has 5 heteroatoms. The molecule has 0 aliphatic rings. The Balaban J connectivity index is 2.62. The summed E-state index contributed by atoms with van der Waals surface area (Å²) in [4.78, 5) is 0. The predicted octanol–water partition coefficient (Wildman–Crippen LogP) is 2.85. The van der Waals surface area contributed by atoms with Crippen LogP contribution in [0.3, 0.4) is 0 Å². The highest BCUT2D eigenvalue weighted by molar-refractivity contribution is 7.80. The number of hydrogen-bond donors (Lipinski definition) is 2. The zero-order valence-corrected chi connectivity index (χ0v) is 12.7. The maximum Gasteiger partial charge on any atom is 0.187 e. The van der Waals surface area contributed by atoms with Crippen molar-refractivity contribution in [1.82, 2.24) is 10.7 Å². The molecule has 0 heterocycles. The Hall–Kier alpha value is -1.88. The van der Waals surface area contributed by atoms with Crippen LogP contribution in [0.25, 0.3) is 0 Å². The lowest BCUT2D eigenvalue weighted by Crippen LogP contribution is -2.31. The second-order valence-corrected chi connectivity index (χ2v) is 4.65. The standard InChI is InChI=1S/C15H21N3OS/c1-4-10-16-15(20)18-17-11-13-8-6-7-9-14(13)19-12(3)5-2/h4,6-9,11-12H,1,5,10H2,2-3H3,(H2,16,18,20)/b17-11-/t12-/m0/s1. The second-order valence-electron chi connectivity index (χ2n) is 4.24. The normalized spacial score (nSPS) is 11.9. The monoisotopic (exact) mass is 291 g/mol. The smallest absolute Gasteiger partial charge is 0.187 e. The Bertz CT molecular complexity index is 474. The largest absolute Gasteiger partial charge is 0.490 e. The van der Waals surface area contributed by atoms with Crippen LogP contribution in [-0.4, -0.2) is 24.0 Å². The van der Waals surface area contributed by atoms with Gasteiger partial charge in [-0.25, -0.2) is 0 Å². The Morgan fingerprint density at radius 2 is 2.25 bits per heavy atom. The molecule has 0 fully saturated rings. The van der Waals surface area contributed by atoms with Crippen molar-refractivity contribution in [1.29, 1.82) is 0 Å². The van der Waals surface area contributed by atoms with Gasteiger partial charge in [-0.3, -0.25) is 5.43 Å². The van der Waals surface area contributed by atoms with Gasteiger partial charge in [0.05, 0.1) is 12.3 Å². The molecule has 1 aromatic carbocycles. The minimum absolute atomic E-state index is 0.174. The first-order chi connectivity index (χ1) is 9.67. The molecule has 4 nitrogen and oxygen atoms in total. The quantitative estimate of drug-likeness (QED) is 0.351. The third-order valence-electron chi connectivity index (χ3n) is 2.60. The van der Waals surface area contributed by atoms with Gasteiger partial charge in [-0.1, -0.05) is 25.1 Å². The van der Waals surface area contributed by atoms with Crippen LogP contribution >= 0.6 is 12.2 Å². The van der Waals surface area contributed by atoms with Crippen molar-refractivity contribution in [2.24, 2.45) is 5.10 Å². The van der Waals surface area contributed by atoms with Crippen LogP contribution in [0.4, 0.5) is 0 Å². The van der Waals surface area contributed by atoms with Crippen LogP contribution in [0, 0.1) is 0 Å². The van der Waals surface area contributed by atoms with Gasteiger partial charge in [0.1, 0.15) is 5.75 Å². The summed E-state index contributed by atoms with van der Waals surface area (Å²) in [6.45, 7) is 8.34. The van der Waals surface area contributed by atoms with E-state index < -0.39 is 0 Å². The van der Waals surface area contributed by atoms with Crippen LogP contribution < -0.4 is 15.5 Å². The lowest BCUT2D eigenvalue weighted by Gasteiger charge is -2.14. The van der Waals surface area contributed by atoms with Crippen LogP contribution in [0.5, 0.6) is 5.75 Å². The van der Waals surface area contributed by atoms with Crippen molar-refractivity contribution in [2.45, 2.75) is 26.4 Å². The molecule has 0 bridgehead atoms. The number of para-hydroxylation sites is 1. The van der Waals surface area contributed by atoms with Gasteiger partial charge >= 0.3 is 0 Å². The van der Waals surface area contributed by atoms with E-state index in [0.29, 0.717) is 11.7 Å². The van der Waals surface area contributed by atoms with Crippen molar-refractivity contribution >= 4 is 23.5 Å². The second kappa shape index (κ2) is 9.09. The third-order valence-corrected chi connectivity index (χ3v) is 2.83. The van der Waals surface area contributed by atoms with E-state index in [2.05, 4.69) is 29.3 Å². The molecule has 0 aliphatic carbocycles. The third kappa shape index (κ3) is 5.84. The topological polar surface area (TPSA) is 45.7 Å². The first-order valence-corrected chi connectivity index (χ1v) is 7.01. The lowest BCUT2D eigenvalue weighted by molar-refractivity contribution is 0.217. The lowest BCUT2D eigenvalue weighted by atomic mass is 10.2. The van der Waals surface area contributed by atoms with E-state index in [-0.39, 0.29) is 6.10 Å². The average molecular weight is 291 g/mol. The maximum absolute atomic E-state index is 5.84. The molecule has 1 rings (SSSR count). The highest BCUT2D eigenvalue weighted by atomic mass is 32.1. The molecule has 20 heavy (non-hydrogen) atoms. The van der Waals surface area contributed by atoms with Crippen LogP contribution in [0.2, 0.25) is 0 Å². The zero-order valence-electron chi connectivity index (χ0n) is 11.9. The summed E-state index contributed by atoms with van der Waals surface area (Å²) in [7, 11) is 0. The van der Waals surface area contributed by atoms with Crippen LogP contribution in [0.15, 0.2) is 42.0 Å². The highest BCUT2D eigenvalue weighted by Gasteiger charge is 2.04. The van der Waals surface area contributed by atoms with Gasteiger partial charge in [0.25, 0.3) is 0 Å². The number of nitrogens with one attached hydrogen (secondary N) is 2. The highest BCUT2D eigenvalue weighted by Crippen LogP contribution is 2.18. The van der Waals surface area contributed by atoms with E-state index in [1.807, 2.05) is 31.2 Å². The van der Waals surface area contributed by atoms with E-state index in [1.54, 1.807) is 12.3 Å². The van der Waals surface area contributed by atoms with Crippen molar-refractivity contribution in [3.63, 3.8) is 0 Å². The number of hydrogen-bond acceptors (Lipinski definition) is 3. The summed E-state index contributed by atoms with van der Waals surface area (Å²) < 4.78 is 5.84. The number of thiocarbonyl (C=S) groups is 1. The Morgan fingerprint density at radius 3 is 2.95 bits per heavy atom. The van der Waals surface area contributed by atoms with Gasteiger partial charge in [0, 0.05) is 12.1 Å². The van der Waals surface area contributed by atoms with Crippen molar-refractivity contribution < 1.29 is 4.74 Å². The molecule has 0 aromatic heterocycles. The van der Waals surface area contributed by atoms with Crippen LogP contribution in [-0.2, 0) is 0 Å². The predicted molar refractivity (Wildman–Crippen MR) is 88.4 cm³/mol.